The van der Waals surface area contributed by atoms with Crippen molar-refractivity contribution in [2.24, 2.45) is 0 Å². The second kappa shape index (κ2) is 6.78. The maximum atomic E-state index is 9.54. The van der Waals surface area contributed by atoms with Crippen LogP contribution >= 0.6 is 11.6 Å². The van der Waals surface area contributed by atoms with Gasteiger partial charge in [0.15, 0.2) is 0 Å². The number of aliphatic hydroxyl groups is 1. The minimum Gasteiger partial charge on any atom is -0.457 e. The maximum absolute atomic E-state index is 9.54. The molecule has 0 saturated heterocycles. The summed E-state index contributed by atoms with van der Waals surface area (Å²) in [7, 11) is 0. The van der Waals surface area contributed by atoms with Crippen LogP contribution < -0.4 is 4.74 Å². The molecule has 106 valence electrons. The van der Waals surface area contributed by atoms with E-state index in [9.17, 15) is 5.11 Å². The molecule has 20 heavy (non-hydrogen) atoms. The third kappa shape index (κ3) is 3.75. The molecule has 0 saturated carbocycles. The Morgan fingerprint density at radius 3 is 2.30 bits per heavy atom. The molecule has 0 amide bonds. The van der Waals surface area contributed by atoms with E-state index < -0.39 is 6.10 Å². The normalized spacial score (nSPS) is 12.2. The largest absolute Gasteiger partial charge is 0.457 e. The Morgan fingerprint density at radius 2 is 1.75 bits per heavy atom. The van der Waals surface area contributed by atoms with Gasteiger partial charge in [0.2, 0.25) is 0 Å². The van der Waals surface area contributed by atoms with E-state index in [2.05, 4.69) is 19.1 Å². The highest BCUT2D eigenvalue weighted by Crippen LogP contribution is 2.30. The van der Waals surface area contributed by atoms with E-state index in [4.69, 9.17) is 16.3 Å². The molecule has 0 spiro atoms. The summed E-state index contributed by atoms with van der Waals surface area (Å²) < 4.78 is 5.76. The fourth-order valence-electron chi connectivity index (χ4n) is 2.06. The van der Waals surface area contributed by atoms with Crippen LogP contribution in [0.15, 0.2) is 42.5 Å². The Balaban J connectivity index is 2.11. The first-order valence-corrected chi connectivity index (χ1v) is 7.22. The first-order chi connectivity index (χ1) is 9.60. The van der Waals surface area contributed by atoms with Gasteiger partial charge in [0, 0.05) is 0 Å². The number of halogens is 1. The molecule has 0 aromatic heterocycles. The molecule has 1 atom stereocenters. The van der Waals surface area contributed by atoms with Gasteiger partial charge in [-0.05, 0) is 48.7 Å². The van der Waals surface area contributed by atoms with Crippen LogP contribution in [-0.4, -0.2) is 5.11 Å². The first-order valence-electron chi connectivity index (χ1n) is 6.84. The van der Waals surface area contributed by atoms with Crippen LogP contribution in [0.25, 0.3) is 0 Å². The monoisotopic (exact) mass is 290 g/mol. The predicted octanol–water partition coefficient (Wildman–Crippen LogP) is 5.14. The topological polar surface area (TPSA) is 29.5 Å². The van der Waals surface area contributed by atoms with Crippen LogP contribution in [0.3, 0.4) is 0 Å². The molecule has 1 N–H and O–H groups in total. The number of hydrogen-bond acceptors (Lipinski definition) is 2. The SMILES string of the molecule is CCCc1ccc(Oc2ccc(C(C)O)c(Cl)c2)cc1. The van der Waals surface area contributed by atoms with Gasteiger partial charge in [-0.25, -0.2) is 0 Å². The second-order valence-corrected chi connectivity index (χ2v) is 5.26. The number of benzene rings is 2. The van der Waals surface area contributed by atoms with Gasteiger partial charge in [-0.2, -0.15) is 0 Å². The minimum atomic E-state index is -0.579. The standard InChI is InChI=1S/C17H19ClO2/c1-3-4-13-5-7-14(8-6-13)20-15-9-10-16(12(2)19)17(18)11-15/h5-12,19H,3-4H2,1-2H3. The Kier molecular flexibility index (Phi) is 5.05. The maximum Gasteiger partial charge on any atom is 0.128 e. The van der Waals surface area contributed by atoms with E-state index in [1.165, 1.54) is 5.56 Å². The second-order valence-electron chi connectivity index (χ2n) is 4.86. The van der Waals surface area contributed by atoms with Gasteiger partial charge in [-0.15, -0.1) is 0 Å². The van der Waals surface area contributed by atoms with Gasteiger partial charge in [-0.1, -0.05) is 43.1 Å². The average molecular weight is 291 g/mol. The van der Waals surface area contributed by atoms with E-state index in [-0.39, 0.29) is 0 Å². The van der Waals surface area contributed by atoms with Crippen molar-refractivity contribution < 1.29 is 9.84 Å². The third-order valence-electron chi connectivity index (χ3n) is 3.12. The zero-order valence-corrected chi connectivity index (χ0v) is 12.5. The summed E-state index contributed by atoms with van der Waals surface area (Å²) >= 11 is 6.12. The Labute approximate surface area is 125 Å². The van der Waals surface area contributed by atoms with Crippen molar-refractivity contribution in [3.8, 4) is 11.5 Å². The molecule has 0 bridgehead atoms. The summed E-state index contributed by atoms with van der Waals surface area (Å²) in [4.78, 5) is 0. The summed E-state index contributed by atoms with van der Waals surface area (Å²) in [5.41, 5.74) is 2.01. The molecular formula is C17H19ClO2. The quantitative estimate of drug-likeness (QED) is 0.826. The summed E-state index contributed by atoms with van der Waals surface area (Å²) in [5, 5.41) is 10.1. The van der Waals surface area contributed by atoms with Gasteiger partial charge in [0.05, 0.1) is 11.1 Å². The molecule has 1 unspecified atom stereocenters. The first kappa shape index (κ1) is 14.9. The van der Waals surface area contributed by atoms with E-state index in [1.54, 1.807) is 19.1 Å². The van der Waals surface area contributed by atoms with E-state index >= 15 is 0 Å². The van der Waals surface area contributed by atoms with Crippen LogP contribution in [0.2, 0.25) is 5.02 Å². The van der Waals surface area contributed by atoms with Gasteiger partial charge < -0.3 is 9.84 Å². The molecule has 2 aromatic rings. The molecule has 0 aliphatic carbocycles. The van der Waals surface area contributed by atoms with Crippen LogP contribution in [0.5, 0.6) is 11.5 Å². The fourth-order valence-corrected chi connectivity index (χ4v) is 2.39. The molecule has 2 aromatic carbocycles. The van der Waals surface area contributed by atoms with E-state index in [0.717, 1.165) is 18.6 Å². The lowest BCUT2D eigenvalue weighted by Gasteiger charge is -2.11. The van der Waals surface area contributed by atoms with Crippen molar-refractivity contribution in [1.82, 2.24) is 0 Å². The average Bonchev–Trinajstić information content (AvgIpc) is 2.41. The molecular weight excluding hydrogens is 272 g/mol. The Morgan fingerprint density at radius 1 is 1.10 bits per heavy atom. The Hall–Kier alpha value is -1.51. The van der Waals surface area contributed by atoms with Gasteiger partial charge in [0.25, 0.3) is 0 Å². The number of rotatable bonds is 5. The summed E-state index contributed by atoms with van der Waals surface area (Å²) in [6, 6.07) is 13.4. The third-order valence-corrected chi connectivity index (χ3v) is 3.45. The predicted molar refractivity (Wildman–Crippen MR) is 82.6 cm³/mol. The molecule has 2 rings (SSSR count). The van der Waals surface area contributed by atoms with Gasteiger partial charge in [0.1, 0.15) is 11.5 Å². The van der Waals surface area contributed by atoms with Crippen molar-refractivity contribution in [1.29, 1.82) is 0 Å². The molecule has 0 radical (unpaired) electrons. The molecule has 0 aliphatic rings. The highest BCUT2D eigenvalue weighted by Gasteiger charge is 2.08. The van der Waals surface area contributed by atoms with Crippen LogP contribution in [0.4, 0.5) is 0 Å². The van der Waals surface area contributed by atoms with Crippen molar-refractivity contribution >= 4 is 11.6 Å². The van der Waals surface area contributed by atoms with E-state index in [1.807, 2.05) is 18.2 Å². The van der Waals surface area contributed by atoms with Crippen LogP contribution in [-0.2, 0) is 6.42 Å². The minimum absolute atomic E-state index is 0.514. The molecule has 0 heterocycles. The van der Waals surface area contributed by atoms with Crippen LogP contribution in [0, 0.1) is 0 Å². The smallest absolute Gasteiger partial charge is 0.128 e. The lowest BCUT2D eigenvalue weighted by molar-refractivity contribution is 0.199. The number of hydrogen-bond donors (Lipinski definition) is 1. The molecule has 3 heteroatoms. The van der Waals surface area contributed by atoms with E-state index in [0.29, 0.717) is 16.3 Å². The zero-order valence-electron chi connectivity index (χ0n) is 11.8. The fraction of sp³-hybridized carbons (Fsp3) is 0.294. The van der Waals surface area contributed by atoms with Crippen molar-refractivity contribution in [3.05, 3.63) is 58.6 Å². The summed E-state index contributed by atoms with van der Waals surface area (Å²) in [6.07, 6.45) is 1.64. The Bertz CT molecular complexity index is 562. The molecule has 0 fully saturated rings. The lowest BCUT2D eigenvalue weighted by Crippen LogP contribution is -1.93. The van der Waals surface area contributed by atoms with Crippen molar-refractivity contribution in [3.63, 3.8) is 0 Å². The highest BCUT2D eigenvalue weighted by molar-refractivity contribution is 6.31. The van der Waals surface area contributed by atoms with Crippen LogP contribution in [0.1, 0.15) is 37.5 Å². The van der Waals surface area contributed by atoms with Crippen molar-refractivity contribution in [2.75, 3.05) is 0 Å². The summed E-state index contributed by atoms with van der Waals surface area (Å²) in [6.45, 7) is 3.85. The number of ether oxygens (including phenoxy) is 1. The highest BCUT2D eigenvalue weighted by atomic mass is 35.5. The summed E-state index contributed by atoms with van der Waals surface area (Å²) in [5.74, 6) is 1.45. The number of aryl methyl sites for hydroxylation is 1. The van der Waals surface area contributed by atoms with Gasteiger partial charge in [-0.3, -0.25) is 0 Å². The lowest BCUT2D eigenvalue weighted by atomic mass is 10.1. The van der Waals surface area contributed by atoms with Crippen molar-refractivity contribution in [2.45, 2.75) is 32.8 Å². The number of aliphatic hydroxyl groups excluding tert-OH is 1. The molecule has 0 aliphatic heterocycles. The molecule has 2 nitrogen and oxygen atoms in total. The van der Waals surface area contributed by atoms with Gasteiger partial charge >= 0.3 is 0 Å². The zero-order chi connectivity index (χ0) is 14.5.